The standard InChI is InChI=1S/C17H23N3/c1-11-19-14-9-10-18-15(16(14)20-11)12-5-7-13(8-6-12)17(2,3)4/h5-8,15,18H,9-10H2,1-4H3,(H,19,20). The average molecular weight is 269 g/mol. The lowest BCUT2D eigenvalue weighted by atomic mass is 9.86. The minimum Gasteiger partial charge on any atom is -0.346 e. The Bertz CT molecular complexity index is 602. The molecule has 2 aromatic rings. The first-order valence-electron chi connectivity index (χ1n) is 7.34. The molecule has 0 fully saturated rings. The quantitative estimate of drug-likeness (QED) is 0.834. The third-order valence-corrected chi connectivity index (χ3v) is 4.04. The first-order chi connectivity index (χ1) is 9.45. The molecule has 1 aromatic heterocycles. The molecule has 3 rings (SSSR count). The van der Waals surface area contributed by atoms with Gasteiger partial charge >= 0.3 is 0 Å². The third kappa shape index (κ3) is 2.38. The van der Waals surface area contributed by atoms with Gasteiger partial charge in [-0.2, -0.15) is 0 Å². The number of benzene rings is 1. The lowest BCUT2D eigenvalue weighted by molar-refractivity contribution is 0.551. The van der Waals surface area contributed by atoms with Crippen molar-refractivity contribution in [2.45, 2.75) is 45.6 Å². The molecule has 0 saturated carbocycles. The molecule has 0 amide bonds. The predicted octanol–water partition coefficient (Wildman–Crippen LogP) is 3.25. The lowest BCUT2D eigenvalue weighted by Gasteiger charge is -2.25. The van der Waals surface area contributed by atoms with Gasteiger partial charge in [-0.05, 0) is 23.5 Å². The van der Waals surface area contributed by atoms with Crippen LogP contribution in [0.5, 0.6) is 0 Å². The van der Waals surface area contributed by atoms with Gasteiger partial charge < -0.3 is 10.3 Å². The molecular weight excluding hydrogens is 246 g/mol. The van der Waals surface area contributed by atoms with E-state index in [1.165, 1.54) is 16.8 Å². The van der Waals surface area contributed by atoms with Gasteiger partial charge in [0.15, 0.2) is 0 Å². The molecule has 1 aliphatic rings. The molecule has 0 spiro atoms. The van der Waals surface area contributed by atoms with Crippen LogP contribution in [-0.2, 0) is 11.8 Å². The molecule has 3 nitrogen and oxygen atoms in total. The number of hydrogen-bond donors (Lipinski definition) is 2. The van der Waals surface area contributed by atoms with E-state index in [2.05, 4.69) is 60.3 Å². The molecule has 0 saturated heterocycles. The van der Waals surface area contributed by atoms with Crippen molar-refractivity contribution in [1.29, 1.82) is 0 Å². The number of aryl methyl sites for hydroxylation is 1. The van der Waals surface area contributed by atoms with Crippen LogP contribution in [0.3, 0.4) is 0 Å². The highest BCUT2D eigenvalue weighted by Gasteiger charge is 2.25. The Morgan fingerprint density at radius 1 is 1.15 bits per heavy atom. The van der Waals surface area contributed by atoms with Gasteiger partial charge in [-0.1, -0.05) is 45.0 Å². The minimum absolute atomic E-state index is 0.201. The molecule has 106 valence electrons. The maximum atomic E-state index is 4.66. The van der Waals surface area contributed by atoms with Crippen LogP contribution in [0.2, 0.25) is 0 Å². The van der Waals surface area contributed by atoms with Gasteiger partial charge in [0, 0.05) is 18.7 Å². The number of nitrogens with zero attached hydrogens (tertiary/aromatic N) is 1. The fraction of sp³-hybridized carbons (Fsp3) is 0.471. The fourth-order valence-electron chi connectivity index (χ4n) is 2.88. The highest BCUT2D eigenvalue weighted by molar-refractivity contribution is 5.36. The molecule has 3 heteroatoms. The van der Waals surface area contributed by atoms with Crippen LogP contribution in [0.25, 0.3) is 0 Å². The average Bonchev–Trinajstić information content (AvgIpc) is 2.78. The summed E-state index contributed by atoms with van der Waals surface area (Å²) < 4.78 is 0. The summed E-state index contributed by atoms with van der Waals surface area (Å²) in [6.45, 7) is 9.76. The summed E-state index contributed by atoms with van der Waals surface area (Å²) in [6.07, 6.45) is 1.03. The molecular formula is C17H23N3. The second-order valence-corrected chi connectivity index (χ2v) is 6.70. The Labute approximate surface area is 120 Å². The van der Waals surface area contributed by atoms with Crippen molar-refractivity contribution in [2.75, 3.05) is 6.54 Å². The zero-order valence-electron chi connectivity index (χ0n) is 12.7. The van der Waals surface area contributed by atoms with Crippen molar-refractivity contribution < 1.29 is 0 Å². The summed E-state index contributed by atoms with van der Waals surface area (Å²) in [4.78, 5) is 8.04. The number of imidazole rings is 1. The molecule has 2 heterocycles. The Hall–Kier alpha value is -1.61. The minimum atomic E-state index is 0.201. The summed E-state index contributed by atoms with van der Waals surface area (Å²) >= 11 is 0. The summed E-state index contributed by atoms with van der Waals surface area (Å²) in [5, 5.41) is 3.58. The molecule has 1 atom stereocenters. The Morgan fingerprint density at radius 3 is 2.50 bits per heavy atom. The zero-order chi connectivity index (χ0) is 14.3. The molecule has 1 aromatic carbocycles. The normalized spacial score (nSPS) is 18.9. The number of aromatic amines is 1. The molecule has 2 N–H and O–H groups in total. The molecule has 0 bridgehead atoms. The first-order valence-corrected chi connectivity index (χ1v) is 7.34. The van der Waals surface area contributed by atoms with Crippen LogP contribution in [0, 0.1) is 6.92 Å². The second-order valence-electron chi connectivity index (χ2n) is 6.70. The van der Waals surface area contributed by atoms with Crippen molar-refractivity contribution in [3.05, 3.63) is 52.6 Å². The number of hydrogen-bond acceptors (Lipinski definition) is 2. The fourth-order valence-corrected chi connectivity index (χ4v) is 2.88. The van der Waals surface area contributed by atoms with Crippen LogP contribution < -0.4 is 5.32 Å². The van der Waals surface area contributed by atoms with Crippen LogP contribution in [-0.4, -0.2) is 16.5 Å². The van der Waals surface area contributed by atoms with E-state index in [4.69, 9.17) is 0 Å². The summed E-state index contributed by atoms with van der Waals surface area (Å²) in [6, 6.07) is 9.17. The van der Waals surface area contributed by atoms with Crippen LogP contribution in [0.15, 0.2) is 24.3 Å². The van der Waals surface area contributed by atoms with Gasteiger partial charge in [-0.3, -0.25) is 0 Å². The topological polar surface area (TPSA) is 40.7 Å². The number of fused-ring (bicyclic) bond motifs is 1. The van der Waals surface area contributed by atoms with Crippen LogP contribution in [0.1, 0.15) is 55.2 Å². The van der Waals surface area contributed by atoms with Gasteiger partial charge in [-0.25, -0.2) is 4.98 Å². The smallest absolute Gasteiger partial charge is 0.103 e. The Balaban J connectivity index is 1.94. The molecule has 0 radical (unpaired) electrons. The first kappa shape index (κ1) is 13.4. The van der Waals surface area contributed by atoms with Gasteiger partial charge in [-0.15, -0.1) is 0 Å². The van der Waals surface area contributed by atoms with E-state index in [-0.39, 0.29) is 11.5 Å². The molecule has 20 heavy (non-hydrogen) atoms. The lowest BCUT2D eigenvalue weighted by Crippen LogP contribution is -2.30. The highest BCUT2D eigenvalue weighted by Crippen LogP contribution is 2.29. The predicted molar refractivity (Wildman–Crippen MR) is 82.0 cm³/mol. The van der Waals surface area contributed by atoms with Gasteiger partial charge in [0.2, 0.25) is 0 Å². The molecule has 1 aliphatic heterocycles. The van der Waals surface area contributed by atoms with Crippen molar-refractivity contribution in [3.8, 4) is 0 Å². The Morgan fingerprint density at radius 2 is 1.85 bits per heavy atom. The van der Waals surface area contributed by atoms with Crippen LogP contribution >= 0.6 is 0 Å². The largest absolute Gasteiger partial charge is 0.346 e. The monoisotopic (exact) mass is 269 g/mol. The third-order valence-electron chi connectivity index (χ3n) is 4.04. The van der Waals surface area contributed by atoms with E-state index in [0.29, 0.717) is 0 Å². The summed E-state index contributed by atoms with van der Waals surface area (Å²) in [7, 11) is 0. The highest BCUT2D eigenvalue weighted by atomic mass is 15.0. The van der Waals surface area contributed by atoms with E-state index >= 15 is 0 Å². The second kappa shape index (κ2) is 4.74. The SMILES string of the molecule is Cc1nc2c([nH]1)CCNC2c1ccc(C(C)(C)C)cc1. The number of rotatable bonds is 1. The van der Waals surface area contributed by atoms with Crippen molar-refractivity contribution in [1.82, 2.24) is 15.3 Å². The summed E-state index contributed by atoms with van der Waals surface area (Å²) in [5.41, 5.74) is 5.32. The van der Waals surface area contributed by atoms with Crippen molar-refractivity contribution in [3.63, 3.8) is 0 Å². The van der Waals surface area contributed by atoms with E-state index in [1.807, 2.05) is 6.92 Å². The maximum Gasteiger partial charge on any atom is 0.103 e. The maximum absolute atomic E-state index is 4.66. The Kier molecular flexibility index (Phi) is 3.17. The van der Waals surface area contributed by atoms with Crippen molar-refractivity contribution >= 4 is 0 Å². The molecule has 1 unspecified atom stereocenters. The van der Waals surface area contributed by atoms with Crippen LogP contribution in [0.4, 0.5) is 0 Å². The van der Waals surface area contributed by atoms with E-state index in [9.17, 15) is 0 Å². The van der Waals surface area contributed by atoms with Gasteiger partial charge in [0.1, 0.15) is 5.82 Å². The van der Waals surface area contributed by atoms with Gasteiger partial charge in [0.25, 0.3) is 0 Å². The summed E-state index contributed by atoms with van der Waals surface area (Å²) in [5.74, 6) is 1.01. The number of nitrogens with one attached hydrogen (secondary N) is 2. The van der Waals surface area contributed by atoms with Gasteiger partial charge in [0.05, 0.1) is 11.7 Å². The van der Waals surface area contributed by atoms with E-state index < -0.39 is 0 Å². The number of H-pyrrole nitrogens is 1. The van der Waals surface area contributed by atoms with E-state index in [0.717, 1.165) is 24.5 Å². The van der Waals surface area contributed by atoms with Crippen molar-refractivity contribution in [2.24, 2.45) is 0 Å². The zero-order valence-corrected chi connectivity index (χ0v) is 12.7. The number of aromatic nitrogens is 2. The molecule has 0 aliphatic carbocycles. The van der Waals surface area contributed by atoms with E-state index in [1.54, 1.807) is 0 Å².